The van der Waals surface area contributed by atoms with E-state index in [0.29, 0.717) is 16.9 Å². The van der Waals surface area contributed by atoms with Crippen molar-refractivity contribution < 1.29 is 9.59 Å². The molecule has 0 aliphatic rings. The monoisotopic (exact) mass is 427 g/mol. The second kappa shape index (κ2) is 8.68. The van der Waals surface area contributed by atoms with Gasteiger partial charge in [-0.1, -0.05) is 12.1 Å². The normalized spacial score (nSPS) is 10.7. The molecule has 0 aliphatic heterocycles. The standard InChI is InChI=1S/C23H21N7O2/c1-13-10-18(24)17-11-15(4-7-19(17)29-13)22(31)30-16-5-2-14(3-6-16)12-28-23(32)20-21(25)27-9-8-26-20/h2-11H,12H2,1H3,(H2,24,29)(H2,25,27)(H,28,32)(H,30,31). The SMILES string of the molecule is Cc1cc(N)c2cc(C(=O)Nc3ccc(CNC(=O)c4nccnc4N)cc3)ccc2n1. The molecule has 0 saturated heterocycles. The Bertz CT molecular complexity index is 1320. The number of anilines is 3. The fourth-order valence-electron chi connectivity index (χ4n) is 3.23. The van der Waals surface area contributed by atoms with E-state index in [0.717, 1.165) is 22.2 Å². The van der Waals surface area contributed by atoms with Gasteiger partial charge in [0, 0.05) is 47.0 Å². The molecule has 0 fully saturated rings. The van der Waals surface area contributed by atoms with Crippen LogP contribution in [0.4, 0.5) is 17.2 Å². The molecule has 0 spiro atoms. The average Bonchev–Trinajstić information content (AvgIpc) is 2.78. The van der Waals surface area contributed by atoms with Crippen molar-refractivity contribution in [3.05, 3.63) is 83.4 Å². The molecule has 0 unspecified atom stereocenters. The number of hydrogen-bond acceptors (Lipinski definition) is 7. The smallest absolute Gasteiger partial charge is 0.273 e. The van der Waals surface area contributed by atoms with Gasteiger partial charge in [-0.25, -0.2) is 9.97 Å². The van der Waals surface area contributed by atoms with Crippen LogP contribution >= 0.6 is 0 Å². The molecule has 0 radical (unpaired) electrons. The summed E-state index contributed by atoms with van der Waals surface area (Å²) in [5, 5.41) is 6.33. The second-order valence-corrected chi connectivity index (χ2v) is 7.21. The van der Waals surface area contributed by atoms with Crippen LogP contribution in [-0.2, 0) is 6.54 Å². The van der Waals surface area contributed by atoms with E-state index < -0.39 is 5.91 Å². The van der Waals surface area contributed by atoms with Crippen LogP contribution in [0.3, 0.4) is 0 Å². The van der Waals surface area contributed by atoms with Crippen LogP contribution in [0.15, 0.2) is 60.9 Å². The number of fused-ring (bicyclic) bond motifs is 1. The van der Waals surface area contributed by atoms with Crippen LogP contribution in [-0.4, -0.2) is 26.8 Å². The summed E-state index contributed by atoms with van der Waals surface area (Å²) in [6.07, 6.45) is 2.83. The summed E-state index contributed by atoms with van der Waals surface area (Å²) >= 11 is 0. The summed E-state index contributed by atoms with van der Waals surface area (Å²) in [6, 6.07) is 14.1. The molecule has 2 aromatic carbocycles. The zero-order chi connectivity index (χ0) is 22.7. The van der Waals surface area contributed by atoms with Crippen LogP contribution < -0.4 is 22.1 Å². The number of aromatic nitrogens is 3. The Morgan fingerprint density at radius 1 is 0.938 bits per heavy atom. The number of benzene rings is 2. The van der Waals surface area contributed by atoms with E-state index in [1.807, 2.05) is 6.92 Å². The highest BCUT2D eigenvalue weighted by atomic mass is 16.2. The number of nitrogens with one attached hydrogen (secondary N) is 2. The third kappa shape index (κ3) is 4.46. The summed E-state index contributed by atoms with van der Waals surface area (Å²) in [4.78, 5) is 37.1. The number of nitrogens with two attached hydrogens (primary N) is 2. The Labute approximate surface area is 183 Å². The topological polar surface area (TPSA) is 149 Å². The first-order valence-corrected chi connectivity index (χ1v) is 9.82. The zero-order valence-corrected chi connectivity index (χ0v) is 17.3. The van der Waals surface area contributed by atoms with Crippen molar-refractivity contribution in [1.82, 2.24) is 20.3 Å². The van der Waals surface area contributed by atoms with E-state index in [1.165, 1.54) is 12.4 Å². The molecule has 2 heterocycles. The van der Waals surface area contributed by atoms with Crippen molar-refractivity contribution in [1.29, 1.82) is 0 Å². The Morgan fingerprint density at radius 3 is 2.44 bits per heavy atom. The quantitative estimate of drug-likeness (QED) is 0.382. The number of pyridine rings is 1. The minimum absolute atomic E-state index is 0.0735. The molecule has 160 valence electrons. The van der Waals surface area contributed by atoms with Gasteiger partial charge in [0.25, 0.3) is 11.8 Å². The lowest BCUT2D eigenvalue weighted by Gasteiger charge is -2.09. The molecule has 9 heteroatoms. The highest BCUT2D eigenvalue weighted by Crippen LogP contribution is 2.22. The number of carbonyl (C=O) groups is 2. The Hall–Kier alpha value is -4.53. The Kier molecular flexibility index (Phi) is 5.63. The molecule has 2 amide bonds. The molecule has 0 saturated carbocycles. The van der Waals surface area contributed by atoms with Gasteiger partial charge >= 0.3 is 0 Å². The van der Waals surface area contributed by atoms with E-state index in [9.17, 15) is 9.59 Å². The summed E-state index contributed by atoms with van der Waals surface area (Å²) in [5.74, 6) is -0.594. The fraction of sp³-hybridized carbons (Fsp3) is 0.0870. The molecule has 9 nitrogen and oxygen atoms in total. The van der Waals surface area contributed by atoms with Gasteiger partial charge in [-0.3, -0.25) is 14.6 Å². The number of aryl methyl sites for hydroxylation is 1. The predicted molar refractivity (Wildman–Crippen MR) is 123 cm³/mol. The minimum atomic E-state index is -0.409. The average molecular weight is 427 g/mol. The summed E-state index contributed by atoms with van der Waals surface area (Å²) in [7, 11) is 0. The molecular formula is C23H21N7O2. The maximum Gasteiger partial charge on any atom is 0.273 e. The van der Waals surface area contributed by atoms with Crippen LogP contribution in [0.5, 0.6) is 0 Å². The molecule has 0 atom stereocenters. The van der Waals surface area contributed by atoms with Crippen molar-refractivity contribution in [2.24, 2.45) is 0 Å². The predicted octanol–water partition coefficient (Wildman–Crippen LogP) is 2.68. The lowest BCUT2D eigenvalue weighted by molar-refractivity contribution is 0.0946. The Morgan fingerprint density at radius 2 is 1.69 bits per heavy atom. The molecule has 2 aromatic heterocycles. The molecular weight excluding hydrogens is 406 g/mol. The van der Waals surface area contributed by atoms with E-state index >= 15 is 0 Å². The van der Waals surface area contributed by atoms with E-state index in [1.54, 1.807) is 48.5 Å². The summed E-state index contributed by atoms with van der Waals surface area (Å²) in [5.41, 5.74) is 15.9. The first-order valence-electron chi connectivity index (χ1n) is 9.82. The molecule has 0 aliphatic carbocycles. The van der Waals surface area contributed by atoms with E-state index in [2.05, 4.69) is 25.6 Å². The lowest BCUT2D eigenvalue weighted by atomic mass is 10.1. The summed E-state index contributed by atoms with van der Waals surface area (Å²) in [6.45, 7) is 2.15. The number of nitrogens with zero attached hydrogens (tertiary/aromatic N) is 3. The number of nitrogen functional groups attached to an aromatic ring is 2. The van der Waals surface area contributed by atoms with Gasteiger partial charge < -0.3 is 22.1 Å². The van der Waals surface area contributed by atoms with Gasteiger partial charge in [-0.15, -0.1) is 0 Å². The number of carbonyl (C=O) groups excluding carboxylic acids is 2. The summed E-state index contributed by atoms with van der Waals surface area (Å²) < 4.78 is 0. The molecule has 6 N–H and O–H groups in total. The van der Waals surface area contributed by atoms with Crippen molar-refractivity contribution in [3.8, 4) is 0 Å². The third-order valence-corrected chi connectivity index (χ3v) is 4.84. The van der Waals surface area contributed by atoms with Crippen LogP contribution in [0.25, 0.3) is 10.9 Å². The first kappa shape index (κ1) is 20.7. The number of amides is 2. The van der Waals surface area contributed by atoms with Gasteiger partial charge in [-0.05, 0) is 48.9 Å². The van der Waals surface area contributed by atoms with Gasteiger partial charge in [0.1, 0.15) is 0 Å². The highest BCUT2D eigenvalue weighted by Gasteiger charge is 2.12. The fourth-order valence-corrected chi connectivity index (χ4v) is 3.23. The van der Waals surface area contributed by atoms with Gasteiger partial charge in [-0.2, -0.15) is 0 Å². The lowest BCUT2D eigenvalue weighted by Crippen LogP contribution is -2.25. The van der Waals surface area contributed by atoms with Crippen LogP contribution in [0.1, 0.15) is 32.1 Å². The Balaban J connectivity index is 1.40. The molecule has 4 rings (SSSR count). The minimum Gasteiger partial charge on any atom is -0.398 e. The second-order valence-electron chi connectivity index (χ2n) is 7.21. The maximum absolute atomic E-state index is 12.7. The van der Waals surface area contributed by atoms with Gasteiger partial charge in [0.15, 0.2) is 11.5 Å². The van der Waals surface area contributed by atoms with Gasteiger partial charge in [0.2, 0.25) is 0 Å². The maximum atomic E-state index is 12.7. The van der Waals surface area contributed by atoms with Crippen molar-refractivity contribution in [3.63, 3.8) is 0 Å². The van der Waals surface area contributed by atoms with E-state index in [-0.39, 0.29) is 24.0 Å². The van der Waals surface area contributed by atoms with Crippen molar-refractivity contribution >= 4 is 39.9 Å². The van der Waals surface area contributed by atoms with Gasteiger partial charge in [0.05, 0.1) is 5.52 Å². The van der Waals surface area contributed by atoms with E-state index in [4.69, 9.17) is 11.5 Å². The van der Waals surface area contributed by atoms with Crippen molar-refractivity contribution in [2.45, 2.75) is 13.5 Å². The molecule has 4 aromatic rings. The first-order chi connectivity index (χ1) is 15.4. The molecule has 32 heavy (non-hydrogen) atoms. The molecule has 0 bridgehead atoms. The zero-order valence-electron chi connectivity index (χ0n) is 17.3. The van der Waals surface area contributed by atoms with Crippen LogP contribution in [0, 0.1) is 6.92 Å². The van der Waals surface area contributed by atoms with Crippen LogP contribution in [0.2, 0.25) is 0 Å². The highest BCUT2D eigenvalue weighted by molar-refractivity contribution is 6.07. The largest absolute Gasteiger partial charge is 0.398 e. The van der Waals surface area contributed by atoms with Crippen molar-refractivity contribution in [2.75, 3.05) is 16.8 Å². The third-order valence-electron chi connectivity index (χ3n) is 4.84. The number of rotatable bonds is 5. The number of hydrogen-bond donors (Lipinski definition) is 4.